The van der Waals surface area contributed by atoms with Crippen LogP contribution in [0.5, 0.6) is 0 Å². The Morgan fingerprint density at radius 3 is 1.71 bits per heavy atom. The minimum Gasteiger partial charge on any atom is -0.385 e. The fourth-order valence-electron chi connectivity index (χ4n) is 5.98. The molecule has 0 bridgehead atoms. The van der Waals surface area contributed by atoms with Gasteiger partial charge < -0.3 is 19.3 Å². The number of aryl methyl sites for hydroxylation is 6. The molecule has 0 aliphatic rings. The summed E-state index contributed by atoms with van der Waals surface area (Å²) in [6.07, 6.45) is 6.41. The first-order valence-electron chi connectivity index (χ1n) is 16.9. The van der Waals surface area contributed by atoms with Gasteiger partial charge in [-0.25, -0.2) is 29.0 Å². The normalized spacial score (nSPS) is 12.6. The van der Waals surface area contributed by atoms with E-state index >= 15 is 0 Å². The van der Waals surface area contributed by atoms with E-state index in [2.05, 4.69) is 40.1 Å². The standard InChI is InChI=1S/2C19H20N6O/c1-12-10-20-13(2)19-22-18(23-25(12)19)16(26)9-17-21-15(11-24(17)3)14-7-5-4-6-8-14;1-12-10-20-13(2)18-22-17(23-25(12)18)9-16(26)19-21-15(11-24(19)3)14-7-5-4-6-8-14/h2*4-8,10-11,16,26H,9H2,1-3H3. The average molecular weight is 697 g/mol. The molecule has 8 rings (SSSR count). The second-order valence-electron chi connectivity index (χ2n) is 12.9. The molecule has 2 atom stereocenters. The summed E-state index contributed by atoms with van der Waals surface area (Å²) in [7, 11) is 3.81. The SMILES string of the molecule is Cc1ncc(C)n2nc(C(O)Cc3nc(-c4ccccc4)cn3C)nc12.Cc1ncc(C)n2nc(CC(O)c3nc(-c4ccccc4)cn3C)nc12. The molecule has 0 saturated heterocycles. The third-order valence-corrected chi connectivity index (χ3v) is 8.85. The number of aromatic nitrogens is 12. The Bertz CT molecular complexity index is 2400. The predicted octanol–water partition coefficient (Wildman–Crippen LogP) is 4.84. The highest BCUT2D eigenvalue weighted by molar-refractivity contribution is 5.59. The molecule has 2 N–H and O–H groups in total. The number of aliphatic hydroxyl groups excluding tert-OH is 2. The van der Waals surface area contributed by atoms with Crippen molar-refractivity contribution >= 4 is 11.3 Å². The van der Waals surface area contributed by atoms with Crippen LogP contribution in [-0.2, 0) is 26.9 Å². The van der Waals surface area contributed by atoms with E-state index < -0.39 is 12.2 Å². The van der Waals surface area contributed by atoms with Gasteiger partial charge in [0, 0.05) is 62.9 Å². The monoisotopic (exact) mass is 696 g/mol. The third kappa shape index (κ3) is 6.93. The summed E-state index contributed by atoms with van der Waals surface area (Å²) in [4.78, 5) is 26.9. The number of hydrogen-bond donors (Lipinski definition) is 2. The molecule has 0 amide bonds. The summed E-state index contributed by atoms with van der Waals surface area (Å²) in [6, 6.07) is 19.9. The van der Waals surface area contributed by atoms with Crippen LogP contribution >= 0.6 is 0 Å². The lowest BCUT2D eigenvalue weighted by Crippen LogP contribution is -2.09. The fraction of sp³-hybridized carbons (Fsp3) is 0.263. The van der Waals surface area contributed by atoms with Crippen LogP contribution in [0.1, 0.15) is 58.3 Å². The molecule has 2 aromatic carbocycles. The van der Waals surface area contributed by atoms with Crippen molar-refractivity contribution in [1.82, 2.24) is 58.3 Å². The van der Waals surface area contributed by atoms with Gasteiger partial charge in [-0.15, -0.1) is 5.10 Å². The Morgan fingerprint density at radius 2 is 1.13 bits per heavy atom. The highest BCUT2D eigenvalue weighted by atomic mass is 16.3. The smallest absolute Gasteiger partial charge is 0.180 e. The molecule has 2 unspecified atom stereocenters. The number of hydrogen-bond acceptors (Lipinski definition) is 10. The van der Waals surface area contributed by atoms with Crippen molar-refractivity contribution in [1.29, 1.82) is 0 Å². The topological polar surface area (TPSA) is 162 Å². The van der Waals surface area contributed by atoms with E-state index in [4.69, 9.17) is 0 Å². The minimum atomic E-state index is -0.835. The Balaban J connectivity index is 0.000000162. The Morgan fingerprint density at radius 1 is 0.596 bits per heavy atom. The maximum atomic E-state index is 10.7. The number of fused-ring (bicyclic) bond motifs is 2. The van der Waals surface area contributed by atoms with Gasteiger partial charge in [0.05, 0.1) is 34.2 Å². The van der Waals surface area contributed by atoms with E-state index in [1.54, 1.807) is 21.4 Å². The zero-order valence-corrected chi connectivity index (χ0v) is 29.9. The molecule has 0 aliphatic carbocycles. The molecule has 52 heavy (non-hydrogen) atoms. The highest BCUT2D eigenvalue weighted by Crippen LogP contribution is 2.24. The molecule has 0 spiro atoms. The van der Waals surface area contributed by atoms with Gasteiger partial charge in [0.1, 0.15) is 23.9 Å². The van der Waals surface area contributed by atoms with Gasteiger partial charge in [-0.1, -0.05) is 60.7 Å². The van der Waals surface area contributed by atoms with Crippen molar-refractivity contribution in [2.45, 2.75) is 52.7 Å². The lowest BCUT2D eigenvalue weighted by molar-refractivity contribution is 0.162. The highest BCUT2D eigenvalue weighted by Gasteiger charge is 2.21. The van der Waals surface area contributed by atoms with Crippen molar-refractivity contribution in [3.8, 4) is 22.5 Å². The summed E-state index contributed by atoms with van der Waals surface area (Å²) >= 11 is 0. The van der Waals surface area contributed by atoms with E-state index in [1.807, 2.05) is 124 Å². The number of aliphatic hydroxyl groups is 2. The summed E-state index contributed by atoms with van der Waals surface area (Å²) in [5, 5.41) is 30.3. The zero-order chi connectivity index (χ0) is 36.5. The molecule has 6 aromatic heterocycles. The Hall–Kier alpha value is -6.12. The van der Waals surface area contributed by atoms with Gasteiger partial charge in [-0.05, 0) is 27.7 Å². The molecule has 0 saturated carbocycles. The average Bonchev–Trinajstić information content (AvgIpc) is 3.95. The number of imidazole rings is 2. The number of rotatable bonds is 8. The van der Waals surface area contributed by atoms with Crippen molar-refractivity contribution < 1.29 is 10.2 Å². The zero-order valence-electron chi connectivity index (χ0n) is 29.9. The van der Waals surface area contributed by atoms with Crippen LogP contribution in [0.25, 0.3) is 33.8 Å². The number of nitrogens with zero attached hydrogens (tertiary/aromatic N) is 12. The van der Waals surface area contributed by atoms with Crippen LogP contribution in [0.15, 0.2) is 85.5 Å². The van der Waals surface area contributed by atoms with Gasteiger partial charge >= 0.3 is 0 Å². The van der Waals surface area contributed by atoms with Gasteiger partial charge in [-0.2, -0.15) is 5.10 Å². The molecule has 6 heterocycles. The number of benzene rings is 2. The van der Waals surface area contributed by atoms with Crippen LogP contribution in [-0.4, -0.2) is 68.5 Å². The molecule has 8 aromatic rings. The molecule has 0 fully saturated rings. The first-order chi connectivity index (χ1) is 25.0. The van der Waals surface area contributed by atoms with Crippen LogP contribution in [0.2, 0.25) is 0 Å². The van der Waals surface area contributed by atoms with E-state index in [0.29, 0.717) is 36.0 Å². The van der Waals surface area contributed by atoms with Gasteiger partial charge in [-0.3, -0.25) is 9.97 Å². The Labute approximate surface area is 300 Å². The van der Waals surface area contributed by atoms with E-state index in [1.165, 1.54) is 0 Å². The second kappa shape index (κ2) is 14.2. The fourth-order valence-corrected chi connectivity index (χ4v) is 5.98. The largest absolute Gasteiger partial charge is 0.385 e. The van der Waals surface area contributed by atoms with Crippen LogP contribution in [0.3, 0.4) is 0 Å². The van der Waals surface area contributed by atoms with Gasteiger partial charge in [0.25, 0.3) is 0 Å². The van der Waals surface area contributed by atoms with E-state index in [-0.39, 0.29) is 0 Å². The molecular formula is C38H40N12O2. The predicted molar refractivity (Wildman–Crippen MR) is 195 cm³/mol. The maximum Gasteiger partial charge on any atom is 0.180 e. The van der Waals surface area contributed by atoms with Crippen LogP contribution < -0.4 is 0 Å². The quantitative estimate of drug-likeness (QED) is 0.225. The molecular weight excluding hydrogens is 656 g/mol. The first-order valence-corrected chi connectivity index (χ1v) is 16.9. The summed E-state index contributed by atoms with van der Waals surface area (Å²) in [5.41, 5.74) is 8.55. The van der Waals surface area contributed by atoms with Crippen molar-refractivity contribution in [2.75, 3.05) is 0 Å². The first kappa shape index (κ1) is 34.3. The van der Waals surface area contributed by atoms with E-state index in [0.717, 1.165) is 56.8 Å². The maximum absolute atomic E-state index is 10.7. The van der Waals surface area contributed by atoms with Crippen molar-refractivity contribution in [3.63, 3.8) is 0 Å². The Kier molecular flexibility index (Phi) is 9.41. The summed E-state index contributed by atoms with van der Waals surface area (Å²) in [6.45, 7) is 7.62. The van der Waals surface area contributed by atoms with Crippen molar-refractivity contribution in [2.24, 2.45) is 14.1 Å². The van der Waals surface area contributed by atoms with Crippen LogP contribution in [0, 0.1) is 27.7 Å². The molecule has 264 valence electrons. The molecule has 0 radical (unpaired) electrons. The van der Waals surface area contributed by atoms with Gasteiger partial charge in [0.15, 0.2) is 22.9 Å². The van der Waals surface area contributed by atoms with Gasteiger partial charge in [0.2, 0.25) is 0 Å². The third-order valence-electron chi connectivity index (χ3n) is 8.85. The minimum absolute atomic E-state index is 0.291. The lowest BCUT2D eigenvalue weighted by Gasteiger charge is -2.07. The second-order valence-corrected chi connectivity index (χ2v) is 12.9. The molecule has 14 nitrogen and oxygen atoms in total. The lowest BCUT2D eigenvalue weighted by atomic mass is 10.2. The summed E-state index contributed by atoms with van der Waals surface area (Å²) < 4.78 is 7.26. The van der Waals surface area contributed by atoms with E-state index in [9.17, 15) is 10.2 Å². The van der Waals surface area contributed by atoms with Crippen molar-refractivity contribution in [3.05, 3.63) is 132 Å². The van der Waals surface area contributed by atoms with Crippen LogP contribution in [0.4, 0.5) is 0 Å². The summed E-state index contributed by atoms with van der Waals surface area (Å²) in [5.74, 6) is 2.32. The molecule has 0 aliphatic heterocycles. The molecule has 14 heteroatoms.